The number of allylic oxidation sites excluding steroid dienone is 1. The molecule has 0 unspecified atom stereocenters. The molecule has 0 amide bonds. The first kappa shape index (κ1) is 9.47. The van der Waals surface area contributed by atoms with E-state index < -0.39 is 10.0 Å². The Bertz CT molecular complexity index is 514. The molecule has 0 atom stereocenters. The topological polar surface area (TPSA) is 68.9 Å². The minimum absolute atomic E-state index is 0.131. The molecule has 2 rings (SSSR count). The van der Waals surface area contributed by atoms with Gasteiger partial charge in [-0.1, -0.05) is 0 Å². The Morgan fingerprint density at radius 1 is 1.43 bits per heavy atom. The van der Waals surface area contributed by atoms with Crippen molar-refractivity contribution >= 4 is 32.2 Å². The second-order valence-corrected chi connectivity index (χ2v) is 4.69. The molecule has 1 aliphatic heterocycles. The van der Waals surface area contributed by atoms with Crippen LogP contribution in [0.2, 0.25) is 0 Å². The first-order valence-corrected chi connectivity index (χ1v) is 5.80. The number of halogens is 1. The van der Waals surface area contributed by atoms with E-state index in [4.69, 9.17) is 9.15 Å². The fourth-order valence-electron chi connectivity index (χ4n) is 0.852. The lowest BCUT2D eigenvalue weighted by atomic mass is 10.6. The standard InChI is InChI=1S/C7H4BrNO4S/c8-6-1-2-7(13-6)12-5-3-9-14(10,11)4-5/h1-4H. The molecule has 0 N–H and O–H groups in total. The summed E-state index contributed by atoms with van der Waals surface area (Å²) in [5.74, 6) is 0.332. The molecule has 7 heteroatoms. The van der Waals surface area contributed by atoms with Crippen molar-refractivity contribution < 1.29 is 17.6 Å². The Morgan fingerprint density at radius 2 is 2.21 bits per heavy atom. The van der Waals surface area contributed by atoms with Gasteiger partial charge in [0.2, 0.25) is 0 Å². The molecular weight excluding hydrogens is 274 g/mol. The molecule has 74 valence electrons. The number of hydrogen-bond donors (Lipinski definition) is 0. The Balaban J connectivity index is 2.18. The molecule has 0 spiro atoms. The van der Waals surface area contributed by atoms with Crippen LogP contribution in [0, 0.1) is 0 Å². The second-order valence-electron chi connectivity index (χ2n) is 2.43. The summed E-state index contributed by atoms with van der Waals surface area (Å²) in [6.45, 7) is 0. The summed E-state index contributed by atoms with van der Waals surface area (Å²) in [5, 5.41) is 0.920. The largest absolute Gasteiger partial charge is 0.423 e. The van der Waals surface area contributed by atoms with E-state index in [0.717, 1.165) is 11.6 Å². The van der Waals surface area contributed by atoms with E-state index in [1.54, 1.807) is 12.1 Å². The quantitative estimate of drug-likeness (QED) is 0.825. The third-order valence-electron chi connectivity index (χ3n) is 1.36. The van der Waals surface area contributed by atoms with Crippen molar-refractivity contribution in [1.29, 1.82) is 0 Å². The minimum atomic E-state index is -3.48. The number of hydrogen-bond acceptors (Lipinski definition) is 4. The summed E-state index contributed by atoms with van der Waals surface area (Å²) in [6, 6.07) is 3.19. The van der Waals surface area contributed by atoms with Gasteiger partial charge in [0.1, 0.15) is 0 Å². The molecule has 0 aliphatic carbocycles. The molecule has 1 aromatic heterocycles. The zero-order valence-electron chi connectivity index (χ0n) is 6.68. The Kier molecular flexibility index (Phi) is 2.20. The summed E-state index contributed by atoms with van der Waals surface area (Å²) in [7, 11) is -3.48. The van der Waals surface area contributed by atoms with E-state index in [-0.39, 0.29) is 11.7 Å². The van der Waals surface area contributed by atoms with E-state index in [9.17, 15) is 8.42 Å². The van der Waals surface area contributed by atoms with Crippen LogP contribution in [0.1, 0.15) is 0 Å². The van der Waals surface area contributed by atoms with Gasteiger partial charge in [0.05, 0.1) is 11.6 Å². The van der Waals surface area contributed by atoms with Crippen LogP contribution in [0.5, 0.6) is 5.95 Å². The number of nitrogens with zero attached hydrogens (tertiary/aromatic N) is 1. The fraction of sp³-hybridized carbons (Fsp3) is 0. The van der Waals surface area contributed by atoms with Gasteiger partial charge < -0.3 is 9.15 Å². The number of ether oxygens (including phenoxy) is 1. The zero-order valence-corrected chi connectivity index (χ0v) is 9.08. The summed E-state index contributed by atoms with van der Waals surface area (Å²) in [6.07, 6.45) is 1.12. The smallest absolute Gasteiger partial charge is 0.290 e. The van der Waals surface area contributed by atoms with Gasteiger partial charge in [0, 0.05) is 6.07 Å². The monoisotopic (exact) mass is 277 g/mol. The minimum Gasteiger partial charge on any atom is -0.423 e. The molecular formula is C7H4BrNO4S. The highest BCUT2D eigenvalue weighted by Crippen LogP contribution is 2.23. The predicted molar refractivity (Wildman–Crippen MR) is 52.5 cm³/mol. The zero-order chi connectivity index (χ0) is 10.2. The molecule has 1 aliphatic rings. The van der Waals surface area contributed by atoms with Gasteiger partial charge in [0.25, 0.3) is 16.0 Å². The lowest BCUT2D eigenvalue weighted by Gasteiger charge is -1.96. The molecule has 0 saturated heterocycles. The van der Waals surface area contributed by atoms with E-state index >= 15 is 0 Å². The van der Waals surface area contributed by atoms with Gasteiger partial charge in [-0.25, -0.2) is 0 Å². The molecule has 5 nitrogen and oxygen atoms in total. The normalized spacial score (nSPS) is 18.2. The third-order valence-corrected chi connectivity index (χ3v) is 2.71. The van der Waals surface area contributed by atoms with Crippen molar-refractivity contribution in [2.75, 3.05) is 0 Å². The molecule has 14 heavy (non-hydrogen) atoms. The van der Waals surface area contributed by atoms with Gasteiger partial charge >= 0.3 is 0 Å². The van der Waals surface area contributed by atoms with E-state index in [1.165, 1.54) is 0 Å². The Hall–Kier alpha value is -1.08. The highest BCUT2D eigenvalue weighted by molar-refractivity contribution is 9.10. The summed E-state index contributed by atoms with van der Waals surface area (Å²) >= 11 is 3.09. The first-order valence-electron chi connectivity index (χ1n) is 3.50. The van der Waals surface area contributed by atoms with Gasteiger partial charge in [-0.2, -0.15) is 12.8 Å². The molecule has 0 fully saturated rings. The van der Waals surface area contributed by atoms with Crippen LogP contribution in [0.15, 0.2) is 36.8 Å². The van der Waals surface area contributed by atoms with Gasteiger partial charge in [-0.05, 0) is 22.0 Å². The number of rotatable bonds is 2. The second kappa shape index (κ2) is 3.25. The van der Waals surface area contributed by atoms with Crippen molar-refractivity contribution in [3.8, 4) is 5.95 Å². The molecule has 0 saturated carbocycles. The van der Waals surface area contributed by atoms with Crippen LogP contribution in [0.3, 0.4) is 0 Å². The predicted octanol–water partition coefficient (Wildman–Crippen LogP) is 1.68. The van der Waals surface area contributed by atoms with Crippen molar-refractivity contribution in [3.63, 3.8) is 0 Å². The van der Waals surface area contributed by atoms with Gasteiger partial charge in [0.15, 0.2) is 10.4 Å². The third kappa shape index (κ3) is 2.05. The van der Waals surface area contributed by atoms with Gasteiger partial charge in [-0.15, -0.1) is 0 Å². The van der Waals surface area contributed by atoms with Crippen LogP contribution in [0.4, 0.5) is 0 Å². The first-order chi connectivity index (χ1) is 6.55. The van der Waals surface area contributed by atoms with E-state index in [2.05, 4.69) is 20.3 Å². The molecule has 0 bridgehead atoms. The van der Waals surface area contributed by atoms with Crippen LogP contribution >= 0.6 is 15.9 Å². The molecule has 2 heterocycles. The van der Waals surface area contributed by atoms with Gasteiger partial charge in [-0.3, -0.25) is 0 Å². The van der Waals surface area contributed by atoms with E-state index in [1.807, 2.05) is 0 Å². The molecule has 0 radical (unpaired) electrons. The Labute approximate surface area is 88.3 Å². The number of sulfonamides is 1. The number of furan rings is 1. The van der Waals surface area contributed by atoms with Crippen molar-refractivity contribution in [2.45, 2.75) is 0 Å². The van der Waals surface area contributed by atoms with Crippen molar-refractivity contribution in [1.82, 2.24) is 0 Å². The van der Waals surface area contributed by atoms with Crippen LogP contribution in [-0.2, 0) is 10.0 Å². The lowest BCUT2D eigenvalue weighted by Crippen LogP contribution is -1.92. The van der Waals surface area contributed by atoms with Crippen LogP contribution < -0.4 is 4.74 Å². The summed E-state index contributed by atoms with van der Waals surface area (Å²) in [5.41, 5.74) is 0. The maximum atomic E-state index is 10.8. The summed E-state index contributed by atoms with van der Waals surface area (Å²) in [4.78, 5) is 0. The molecule has 0 aromatic carbocycles. The average molecular weight is 278 g/mol. The summed E-state index contributed by atoms with van der Waals surface area (Å²) < 4.78 is 35.5. The van der Waals surface area contributed by atoms with Crippen LogP contribution in [0.25, 0.3) is 0 Å². The Morgan fingerprint density at radius 3 is 2.71 bits per heavy atom. The molecule has 1 aromatic rings. The van der Waals surface area contributed by atoms with Crippen molar-refractivity contribution in [3.05, 3.63) is 28.0 Å². The fourth-order valence-corrected chi connectivity index (χ4v) is 1.86. The van der Waals surface area contributed by atoms with E-state index in [0.29, 0.717) is 4.67 Å². The SMILES string of the molecule is O=S1(=O)C=C(Oc2ccc(Br)o2)C=N1. The maximum Gasteiger partial charge on any atom is 0.290 e. The van der Waals surface area contributed by atoms with Crippen LogP contribution in [-0.4, -0.2) is 14.6 Å². The van der Waals surface area contributed by atoms with Crippen molar-refractivity contribution in [2.24, 2.45) is 4.40 Å². The maximum absolute atomic E-state index is 10.8. The highest BCUT2D eigenvalue weighted by atomic mass is 79.9. The average Bonchev–Trinajstić information content (AvgIpc) is 2.59. The highest BCUT2D eigenvalue weighted by Gasteiger charge is 2.15. The lowest BCUT2D eigenvalue weighted by molar-refractivity contribution is 0.325.